The second kappa shape index (κ2) is 8.45. The normalized spacial score (nSPS) is 14.6. The van der Waals surface area contributed by atoms with E-state index in [4.69, 9.17) is 9.47 Å². The van der Waals surface area contributed by atoms with Crippen LogP contribution in [0.1, 0.15) is 0 Å². The minimum Gasteiger partial charge on any atom is -0.484 e. The molecule has 1 heterocycles. The minimum absolute atomic E-state index is 0.0102. The number of sulfone groups is 1. The smallest absolute Gasteiger partial charge is 0.260 e. The van der Waals surface area contributed by atoms with Crippen molar-refractivity contribution in [2.45, 2.75) is 4.90 Å². The highest BCUT2D eigenvalue weighted by atomic mass is 32.2. The summed E-state index contributed by atoms with van der Waals surface area (Å²) in [5, 5.41) is 2.04. The van der Waals surface area contributed by atoms with Gasteiger partial charge in [-0.1, -0.05) is 30.3 Å². The fourth-order valence-corrected chi connectivity index (χ4v) is 4.07. The summed E-state index contributed by atoms with van der Waals surface area (Å²) in [5.74, 6) is 0.612. The maximum atomic E-state index is 12.2. The van der Waals surface area contributed by atoms with Crippen molar-refractivity contribution in [2.75, 3.05) is 39.2 Å². The Morgan fingerprint density at radius 2 is 1.57 bits per heavy atom. The van der Waals surface area contributed by atoms with Gasteiger partial charge in [0.05, 0.1) is 18.1 Å². The van der Waals surface area contributed by atoms with Crippen LogP contribution in [0.2, 0.25) is 0 Å². The van der Waals surface area contributed by atoms with Crippen molar-refractivity contribution in [2.24, 2.45) is 0 Å². The fraction of sp³-hybridized carbons (Fsp3) is 0.261. The first-order chi connectivity index (χ1) is 14.4. The summed E-state index contributed by atoms with van der Waals surface area (Å²) in [6.07, 6.45) is 1.20. The van der Waals surface area contributed by atoms with E-state index in [0.29, 0.717) is 36.9 Å². The average molecular weight is 426 g/mol. The van der Waals surface area contributed by atoms with Crippen LogP contribution in [-0.2, 0) is 19.4 Å². The van der Waals surface area contributed by atoms with E-state index in [1.807, 2.05) is 48.5 Å². The van der Waals surface area contributed by atoms with Gasteiger partial charge in [-0.25, -0.2) is 8.42 Å². The lowest BCUT2D eigenvalue weighted by molar-refractivity contribution is -0.137. The standard InChI is InChI=1S/C23H23NO5S/c1-30(26,27)22-8-5-17(6-9-22)18-2-3-20-15-21(7-4-19(20)14-18)29-16-23(25)24-10-12-28-13-11-24/h2-9,14-15H,10-13,16H2,1H3. The zero-order valence-corrected chi connectivity index (χ0v) is 17.5. The molecular formula is C23H23NO5S. The van der Waals surface area contributed by atoms with E-state index in [1.54, 1.807) is 17.0 Å². The van der Waals surface area contributed by atoms with Crippen molar-refractivity contribution in [1.82, 2.24) is 4.90 Å². The van der Waals surface area contributed by atoms with E-state index in [-0.39, 0.29) is 12.5 Å². The molecule has 3 aromatic carbocycles. The largest absolute Gasteiger partial charge is 0.484 e. The molecule has 0 N–H and O–H groups in total. The molecule has 0 aromatic heterocycles. The van der Waals surface area contributed by atoms with Gasteiger partial charge in [-0.2, -0.15) is 0 Å². The Bertz CT molecular complexity index is 1170. The van der Waals surface area contributed by atoms with Crippen molar-refractivity contribution in [3.05, 3.63) is 60.7 Å². The van der Waals surface area contributed by atoms with Gasteiger partial charge >= 0.3 is 0 Å². The predicted octanol–water partition coefficient (Wildman–Crippen LogP) is 3.15. The number of hydrogen-bond donors (Lipinski definition) is 0. The van der Waals surface area contributed by atoms with Gasteiger partial charge < -0.3 is 14.4 Å². The molecule has 0 unspecified atom stereocenters. The Hall–Kier alpha value is -2.90. The number of benzene rings is 3. The third-order valence-corrected chi connectivity index (χ3v) is 6.28. The number of fused-ring (bicyclic) bond motifs is 1. The fourth-order valence-electron chi connectivity index (χ4n) is 3.44. The minimum atomic E-state index is -3.21. The Kier molecular flexibility index (Phi) is 5.74. The van der Waals surface area contributed by atoms with E-state index in [2.05, 4.69) is 0 Å². The van der Waals surface area contributed by atoms with Crippen LogP contribution in [-0.4, -0.2) is 58.4 Å². The second-order valence-electron chi connectivity index (χ2n) is 7.30. The molecule has 3 aromatic rings. The highest BCUT2D eigenvalue weighted by Gasteiger charge is 2.17. The van der Waals surface area contributed by atoms with Gasteiger partial charge in [0.25, 0.3) is 5.91 Å². The molecular weight excluding hydrogens is 402 g/mol. The number of carbonyl (C=O) groups excluding carboxylic acids is 1. The number of carbonyl (C=O) groups is 1. The molecule has 6 nitrogen and oxygen atoms in total. The predicted molar refractivity (Wildman–Crippen MR) is 115 cm³/mol. The number of ether oxygens (including phenoxy) is 2. The Balaban J connectivity index is 1.47. The molecule has 0 radical (unpaired) electrons. The van der Waals surface area contributed by atoms with Gasteiger partial charge in [0.2, 0.25) is 0 Å². The summed E-state index contributed by atoms with van der Waals surface area (Å²) in [6.45, 7) is 2.36. The molecule has 0 bridgehead atoms. The van der Waals surface area contributed by atoms with Crippen LogP contribution in [0.4, 0.5) is 0 Å². The summed E-state index contributed by atoms with van der Waals surface area (Å²) in [4.78, 5) is 14.3. The lowest BCUT2D eigenvalue weighted by atomic mass is 10.0. The molecule has 1 fully saturated rings. The van der Waals surface area contributed by atoms with E-state index < -0.39 is 9.84 Å². The third kappa shape index (κ3) is 4.63. The van der Waals surface area contributed by atoms with Gasteiger partial charge in [-0.05, 0) is 52.2 Å². The van der Waals surface area contributed by atoms with Crippen molar-refractivity contribution >= 4 is 26.5 Å². The third-order valence-electron chi connectivity index (χ3n) is 5.15. The number of rotatable bonds is 5. The van der Waals surface area contributed by atoms with Gasteiger partial charge in [0.15, 0.2) is 16.4 Å². The van der Waals surface area contributed by atoms with Crippen LogP contribution in [0.25, 0.3) is 21.9 Å². The van der Waals surface area contributed by atoms with E-state index in [1.165, 1.54) is 6.26 Å². The summed E-state index contributed by atoms with van der Waals surface area (Å²) >= 11 is 0. The van der Waals surface area contributed by atoms with Gasteiger partial charge in [0.1, 0.15) is 5.75 Å². The van der Waals surface area contributed by atoms with Crippen LogP contribution < -0.4 is 4.74 Å². The molecule has 1 amide bonds. The van der Waals surface area contributed by atoms with Gasteiger partial charge in [-0.15, -0.1) is 0 Å². The van der Waals surface area contributed by atoms with E-state index in [0.717, 1.165) is 21.9 Å². The molecule has 7 heteroatoms. The van der Waals surface area contributed by atoms with Crippen molar-refractivity contribution in [1.29, 1.82) is 0 Å². The van der Waals surface area contributed by atoms with E-state index >= 15 is 0 Å². The molecule has 0 atom stereocenters. The number of morpholine rings is 1. The van der Waals surface area contributed by atoms with Crippen LogP contribution in [0.3, 0.4) is 0 Å². The first-order valence-corrected chi connectivity index (χ1v) is 11.6. The Morgan fingerprint density at radius 3 is 2.27 bits per heavy atom. The van der Waals surface area contributed by atoms with Gasteiger partial charge in [0, 0.05) is 19.3 Å². The van der Waals surface area contributed by atoms with E-state index in [9.17, 15) is 13.2 Å². The average Bonchev–Trinajstić information content (AvgIpc) is 2.77. The zero-order chi connectivity index (χ0) is 21.1. The molecule has 0 aliphatic carbocycles. The van der Waals surface area contributed by atoms with Crippen LogP contribution in [0, 0.1) is 0 Å². The molecule has 0 spiro atoms. The molecule has 4 rings (SSSR count). The summed E-state index contributed by atoms with van der Waals surface area (Å²) in [5.41, 5.74) is 1.94. The maximum absolute atomic E-state index is 12.2. The van der Waals surface area contributed by atoms with Gasteiger partial charge in [-0.3, -0.25) is 4.79 Å². The topological polar surface area (TPSA) is 72.9 Å². The number of amides is 1. The SMILES string of the molecule is CS(=O)(=O)c1ccc(-c2ccc3cc(OCC(=O)N4CCOCC4)ccc3c2)cc1. The first-order valence-electron chi connectivity index (χ1n) is 9.73. The Morgan fingerprint density at radius 1 is 0.933 bits per heavy atom. The summed E-state index contributed by atoms with van der Waals surface area (Å²) < 4.78 is 34.2. The van der Waals surface area contributed by atoms with Crippen molar-refractivity contribution in [3.8, 4) is 16.9 Å². The Labute approximate surface area is 175 Å². The van der Waals surface area contributed by atoms with Crippen molar-refractivity contribution < 1.29 is 22.7 Å². The highest BCUT2D eigenvalue weighted by molar-refractivity contribution is 7.90. The quantitative estimate of drug-likeness (QED) is 0.628. The van der Waals surface area contributed by atoms with Crippen LogP contribution >= 0.6 is 0 Å². The second-order valence-corrected chi connectivity index (χ2v) is 9.32. The number of hydrogen-bond acceptors (Lipinski definition) is 5. The van der Waals surface area contributed by atoms with Crippen molar-refractivity contribution in [3.63, 3.8) is 0 Å². The molecule has 1 saturated heterocycles. The molecule has 1 aliphatic heterocycles. The molecule has 30 heavy (non-hydrogen) atoms. The molecule has 1 aliphatic rings. The first kappa shape index (κ1) is 20.4. The monoisotopic (exact) mass is 425 g/mol. The van der Waals surface area contributed by atoms with Crippen LogP contribution in [0.5, 0.6) is 5.75 Å². The zero-order valence-electron chi connectivity index (χ0n) is 16.7. The lowest BCUT2D eigenvalue weighted by Crippen LogP contribution is -2.42. The van der Waals surface area contributed by atoms with Crippen LogP contribution in [0.15, 0.2) is 65.6 Å². The summed E-state index contributed by atoms with van der Waals surface area (Å²) in [7, 11) is -3.21. The summed E-state index contributed by atoms with van der Waals surface area (Å²) in [6, 6.07) is 18.6. The highest BCUT2D eigenvalue weighted by Crippen LogP contribution is 2.28. The number of nitrogens with zero attached hydrogens (tertiary/aromatic N) is 1. The lowest BCUT2D eigenvalue weighted by Gasteiger charge is -2.26. The molecule has 156 valence electrons. The molecule has 0 saturated carbocycles. The maximum Gasteiger partial charge on any atom is 0.260 e.